The summed E-state index contributed by atoms with van der Waals surface area (Å²) in [5, 5.41) is 8.95. The van der Waals surface area contributed by atoms with Crippen molar-refractivity contribution in [2.24, 2.45) is 0 Å². The molecule has 108 valence electrons. The summed E-state index contributed by atoms with van der Waals surface area (Å²) in [6, 6.07) is 3.02. The van der Waals surface area contributed by atoms with Gasteiger partial charge in [0.1, 0.15) is 11.6 Å². The Morgan fingerprint density at radius 1 is 1.25 bits per heavy atom. The molecule has 20 heavy (non-hydrogen) atoms. The van der Waals surface area contributed by atoms with Crippen LogP contribution in [0.25, 0.3) is 0 Å². The Kier molecular flexibility index (Phi) is 3.38. The Balaban J connectivity index is 1.84. The number of carboxylic acid groups (broad SMARTS) is 1. The third kappa shape index (κ3) is 2.37. The molecule has 1 fully saturated rings. The Labute approximate surface area is 116 Å². The third-order valence-corrected chi connectivity index (χ3v) is 3.84. The lowest BCUT2D eigenvalue weighted by atomic mass is 10.0. The number of aryl methyl sites for hydroxylation is 1. The van der Waals surface area contributed by atoms with E-state index in [1.165, 1.54) is 17.0 Å². The average molecular weight is 280 g/mol. The van der Waals surface area contributed by atoms with Crippen molar-refractivity contribution < 1.29 is 19.0 Å². The maximum Gasteiger partial charge on any atom is 0.407 e. The zero-order chi connectivity index (χ0) is 14.1. The summed E-state index contributed by atoms with van der Waals surface area (Å²) < 4.78 is 19.4. The fourth-order valence-corrected chi connectivity index (χ4v) is 2.80. The van der Waals surface area contributed by atoms with E-state index in [9.17, 15) is 9.18 Å². The highest BCUT2D eigenvalue weighted by Gasteiger charge is 2.25. The van der Waals surface area contributed by atoms with Crippen LogP contribution in [0.1, 0.15) is 12.0 Å². The number of amides is 1. The fraction of sp³-hybridized carbons (Fsp3) is 0.500. The lowest BCUT2D eigenvalue weighted by Gasteiger charge is -2.36. The van der Waals surface area contributed by atoms with Crippen LogP contribution >= 0.6 is 0 Å². The van der Waals surface area contributed by atoms with Crippen LogP contribution < -0.4 is 9.64 Å². The van der Waals surface area contributed by atoms with Gasteiger partial charge in [0, 0.05) is 32.2 Å². The standard InChI is InChI=1S/C14H17FN2O3/c15-11-8-10-2-1-7-20-13(10)12(9-11)16-3-5-17(6-4-16)14(18)19/h8-9H,1-7H2,(H,18,19). The van der Waals surface area contributed by atoms with Crippen molar-refractivity contribution in [2.45, 2.75) is 12.8 Å². The van der Waals surface area contributed by atoms with Gasteiger partial charge in [-0.05, 0) is 24.5 Å². The van der Waals surface area contributed by atoms with Gasteiger partial charge in [-0.25, -0.2) is 9.18 Å². The molecular formula is C14H17FN2O3. The number of halogens is 1. The van der Waals surface area contributed by atoms with Gasteiger partial charge < -0.3 is 19.6 Å². The molecule has 2 aliphatic heterocycles. The van der Waals surface area contributed by atoms with E-state index in [4.69, 9.17) is 9.84 Å². The first-order chi connectivity index (χ1) is 9.65. The maximum absolute atomic E-state index is 13.7. The molecule has 0 unspecified atom stereocenters. The van der Waals surface area contributed by atoms with E-state index in [-0.39, 0.29) is 5.82 Å². The smallest absolute Gasteiger partial charge is 0.407 e. The highest BCUT2D eigenvalue weighted by Crippen LogP contribution is 2.37. The first-order valence-corrected chi connectivity index (χ1v) is 6.83. The van der Waals surface area contributed by atoms with Gasteiger partial charge in [0.2, 0.25) is 0 Å². The van der Waals surface area contributed by atoms with Crippen LogP contribution in [0.4, 0.5) is 14.9 Å². The van der Waals surface area contributed by atoms with Crippen LogP contribution in [0.3, 0.4) is 0 Å². The number of nitrogens with zero attached hydrogens (tertiary/aromatic N) is 2. The number of benzene rings is 1. The number of fused-ring (bicyclic) bond motifs is 1. The van der Waals surface area contributed by atoms with Gasteiger partial charge in [-0.3, -0.25) is 0 Å². The first-order valence-electron chi connectivity index (χ1n) is 6.83. The predicted molar refractivity (Wildman–Crippen MR) is 72.0 cm³/mol. The lowest BCUT2D eigenvalue weighted by Crippen LogP contribution is -2.48. The lowest BCUT2D eigenvalue weighted by molar-refractivity contribution is 0.142. The molecule has 0 aromatic heterocycles. The highest BCUT2D eigenvalue weighted by molar-refractivity contribution is 5.67. The molecule has 0 atom stereocenters. The van der Waals surface area contributed by atoms with Crippen LogP contribution in [0.5, 0.6) is 5.75 Å². The summed E-state index contributed by atoms with van der Waals surface area (Å²) in [6.07, 6.45) is 0.833. The number of rotatable bonds is 1. The molecule has 1 aromatic carbocycles. The van der Waals surface area contributed by atoms with E-state index in [2.05, 4.69) is 0 Å². The summed E-state index contributed by atoms with van der Waals surface area (Å²) >= 11 is 0. The number of anilines is 1. The Hall–Kier alpha value is -1.98. The number of hydrogen-bond acceptors (Lipinski definition) is 3. The van der Waals surface area contributed by atoms with Gasteiger partial charge in [-0.2, -0.15) is 0 Å². The molecule has 0 bridgehead atoms. The van der Waals surface area contributed by atoms with Gasteiger partial charge in [0.15, 0.2) is 0 Å². The highest BCUT2D eigenvalue weighted by atomic mass is 19.1. The van der Waals surface area contributed by atoms with Crippen molar-refractivity contribution in [3.05, 3.63) is 23.5 Å². The molecular weight excluding hydrogens is 263 g/mol. The van der Waals surface area contributed by atoms with Crippen molar-refractivity contribution >= 4 is 11.8 Å². The monoisotopic (exact) mass is 280 g/mol. The summed E-state index contributed by atoms with van der Waals surface area (Å²) in [7, 11) is 0. The van der Waals surface area contributed by atoms with E-state index in [0.29, 0.717) is 32.8 Å². The molecule has 2 heterocycles. The molecule has 1 saturated heterocycles. The minimum Gasteiger partial charge on any atom is -0.491 e. The SMILES string of the molecule is O=C(O)N1CCN(c2cc(F)cc3c2OCCC3)CC1. The predicted octanol–water partition coefficient (Wildman–Crippen LogP) is 1.95. The number of carbonyl (C=O) groups is 1. The maximum atomic E-state index is 13.7. The van der Waals surface area contributed by atoms with Crippen molar-refractivity contribution in [3.63, 3.8) is 0 Å². The molecule has 0 saturated carbocycles. The molecule has 6 heteroatoms. The Morgan fingerprint density at radius 2 is 2.00 bits per heavy atom. The van der Waals surface area contributed by atoms with Gasteiger partial charge in [-0.15, -0.1) is 0 Å². The fourth-order valence-electron chi connectivity index (χ4n) is 2.80. The number of ether oxygens (including phenoxy) is 1. The average Bonchev–Trinajstić information content (AvgIpc) is 2.46. The van der Waals surface area contributed by atoms with E-state index in [0.717, 1.165) is 29.8 Å². The van der Waals surface area contributed by atoms with E-state index < -0.39 is 6.09 Å². The third-order valence-electron chi connectivity index (χ3n) is 3.84. The van der Waals surface area contributed by atoms with Crippen LogP contribution in [-0.2, 0) is 6.42 Å². The van der Waals surface area contributed by atoms with Crippen molar-refractivity contribution in [1.29, 1.82) is 0 Å². The van der Waals surface area contributed by atoms with E-state index in [1.807, 2.05) is 4.90 Å². The van der Waals surface area contributed by atoms with Gasteiger partial charge in [0.05, 0.1) is 12.3 Å². The van der Waals surface area contributed by atoms with E-state index in [1.54, 1.807) is 0 Å². The van der Waals surface area contributed by atoms with Crippen LogP contribution in [0.15, 0.2) is 12.1 Å². The van der Waals surface area contributed by atoms with E-state index >= 15 is 0 Å². The molecule has 1 aromatic rings. The topological polar surface area (TPSA) is 53.0 Å². The Morgan fingerprint density at radius 3 is 2.70 bits per heavy atom. The minimum atomic E-state index is -0.901. The normalized spacial score (nSPS) is 18.4. The molecule has 0 spiro atoms. The van der Waals surface area contributed by atoms with Crippen molar-refractivity contribution in [2.75, 3.05) is 37.7 Å². The first kappa shape index (κ1) is 13.0. The molecule has 0 radical (unpaired) electrons. The second-order valence-electron chi connectivity index (χ2n) is 5.12. The zero-order valence-electron chi connectivity index (χ0n) is 11.1. The second-order valence-corrected chi connectivity index (χ2v) is 5.12. The number of piperazine rings is 1. The van der Waals surface area contributed by atoms with Crippen molar-refractivity contribution in [1.82, 2.24) is 4.90 Å². The van der Waals surface area contributed by atoms with Crippen LogP contribution in [0.2, 0.25) is 0 Å². The van der Waals surface area contributed by atoms with Gasteiger partial charge in [-0.1, -0.05) is 0 Å². The van der Waals surface area contributed by atoms with Crippen molar-refractivity contribution in [3.8, 4) is 5.75 Å². The van der Waals surface area contributed by atoms with Gasteiger partial charge >= 0.3 is 6.09 Å². The minimum absolute atomic E-state index is 0.259. The molecule has 5 nitrogen and oxygen atoms in total. The molecule has 0 aliphatic carbocycles. The molecule has 3 rings (SSSR count). The number of hydrogen-bond donors (Lipinski definition) is 1. The zero-order valence-corrected chi connectivity index (χ0v) is 11.1. The molecule has 2 aliphatic rings. The molecule has 1 amide bonds. The van der Waals surface area contributed by atoms with Crippen LogP contribution in [-0.4, -0.2) is 48.9 Å². The van der Waals surface area contributed by atoms with Crippen LogP contribution in [0, 0.1) is 5.82 Å². The van der Waals surface area contributed by atoms with Gasteiger partial charge in [0.25, 0.3) is 0 Å². The largest absolute Gasteiger partial charge is 0.491 e. The Bertz CT molecular complexity index is 527. The summed E-state index contributed by atoms with van der Waals surface area (Å²) in [4.78, 5) is 14.3. The summed E-state index contributed by atoms with van der Waals surface area (Å²) in [5.41, 5.74) is 1.66. The summed E-state index contributed by atoms with van der Waals surface area (Å²) in [6.45, 7) is 2.64. The quantitative estimate of drug-likeness (QED) is 0.854. The summed E-state index contributed by atoms with van der Waals surface area (Å²) in [5.74, 6) is 0.506. The molecule has 1 N–H and O–H groups in total. The second kappa shape index (κ2) is 5.19.